The molecular weight excluding hydrogens is 152 g/mol. The van der Waals surface area contributed by atoms with E-state index in [0.29, 0.717) is 0 Å². The van der Waals surface area contributed by atoms with Gasteiger partial charge in [0, 0.05) is 18.6 Å². The van der Waals surface area contributed by atoms with Crippen molar-refractivity contribution in [3.8, 4) is 0 Å². The first kappa shape index (κ1) is 8.05. The van der Waals surface area contributed by atoms with E-state index in [1.807, 2.05) is 0 Å². The Kier molecular flexibility index (Phi) is 1.83. The van der Waals surface area contributed by atoms with Crippen LogP contribution in [0.4, 0.5) is 0 Å². The van der Waals surface area contributed by atoms with Crippen molar-refractivity contribution in [3.05, 3.63) is 0 Å². The Labute approximate surface area is 72.9 Å². The van der Waals surface area contributed by atoms with Gasteiger partial charge in [-0.3, -0.25) is 4.79 Å². The summed E-state index contributed by atoms with van der Waals surface area (Å²) in [4.78, 5) is 11.5. The van der Waals surface area contributed by atoms with Gasteiger partial charge >= 0.3 is 0 Å². The largest absolute Gasteiger partial charge is 0.351 e. The number of nitrogens with one attached hydrogen (secondary N) is 2. The lowest BCUT2D eigenvalue weighted by Gasteiger charge is -2.41. The van der Waals surface area contributed by atoms with Gasteiger partial charge in [0.05, 0.1) is 5.92 Å². The highest BCUT2D eigenvalue weighted by molar-refractivity contribution is 5.80. The van der Waals surface area contributed by atoms with Crippen LogP contribution in [0.5, 0.6) is 0 Å². The van der Waals surface area contributed by atoms with Gasteiger partial charge in [-0.2, -0.15) is 0 Å². The predicted octanol–water partition coefficient (Wildman–Crippen LogP) is 0.265. The van der Waals surface area contributed by atoms with Gasteiger partial charge in [0.1, 0.15) is 0 Å². The first-order valence-corrected chi connectivity index (χ1v) is 4.72. The van der Waals surface area contributed by atoms with E-state index < -0.39 is 0 Å². The van der Waals surface area contributed by atoms with Crippen LogP contribution in [-0.4, -0.2) is 24.5 Å². The summed E-state index contributed by atoms with van der Waals surface area (Å²) in [5.74, 6) is 0.485. The molecule has 2 aliphatic rings. The molecular formula is C9H16N2O. The molecule has 2 N–H and O–H groups in total. The standard InChI is InChI=1S/C9H16N2O/c1-9(3-2-4-9)11-8(12)7-5-10-6-7/h7,10H,2-6H2,1H3,(H,11,12). The molecule has 1 saturated carbocycles. The summed E-state index contributed by atoms with van der Waals surface area (Å²) in [6.45, 7) is 3.87. The lowest BCUT2D eigenvalue weighted by molar-refractivity contribution is -0.129. The molecule has 0 aromatic heterocycles. The van der Waals surface area contributed by atoms with Crippen LogP contribution in [0.2, 0.25) is 0 Å². The summed E-state index contributed by atoms with van der Waals surface area (Å²) in [6.07, 6.45) is 3.57. The minimum absolute atomic E-state index is 0.132. The van der Waals surface area contributed by atoms with E-state index in [-0.39, 0.29) is 17.4 Å². The molecule has 0 aromatic rings. The highest BCUT2D eigenvalue weighted by Crippen LogP contribution is 2.31. The van der Waals surface area contributed by atoms with Crippen LogP contribution in [0.3, 0.4) is 0 Å². The quantitative estimate of drug-likeness (QED) is 0.621. The van der Waals surface area contributed by atoms with Crippen LogP contribution in [0.25, 0.3) is 0 Å². The Morgan fingerprint density at radius 3 is 2.50 bits per heavy atom. The molecule has 68 valence electrons. The average Bonchev–Trinajstić information content (AvgIpc) is 1.79. The van der Waals surface area contributed by atoms with Gasteiger partial charge in [0.15, 0.2) is 0 Å². The zero-order valence-corrected chi connectivity index (χ0v) is 7.52. The van der Waals surface area contributed by atoms with Gasteiger partial charge < -0.3 is 10.6 Å². The molecule has 2 rings (SSSR count). The molecule has 1 heterocycles. The van der Waals surface area contributed by atoms with E-state index in [2.05, 4.69) is 17.6 Å². The fourth-order valence-corrected chi connectivity index (χ4v) is 1.71. The van der Waals surface area contributed by atoms with Gasteiger partial charge in [-0.1, -0.05) is 0 Å². The first-order chi connectivity index (χ1) is 5.70. The average molecular weight is 168 g/mol. The Balaban J connectivity index is 1.81. The topological polar surface area (TPSA) is 41.1 Å². The lowest BCUT2D eigenvalue weighted by Crippen LogP contribution is -2.58. The van der Waals surface area contributed by atoms with Gasteiger partial charge in [-0.05, 0) is 26.2 Å². The third kappa shape index (κ3) is 1.33. The predicted molar refractivity (Wildman–Crippen MR) is 46.8 cm³/mol. The van der Waals surface area contributed by atoms with Crippen molar-refractivity contribution in [2.45, 2.75) is 31.7 Å². The van der Waals surface area contributed by atoms with E-state index in [1.165, 1.54) is 6.42 Å². The van der Waals surface area contributed by atoms with Crippen molar-refractivity contribution < 1.29 is 4.79 Å². The molecule has 1 amide bonds. The summed E-state index contributed by atoms with van der Waals surface area (Å²) in [7, 11) is 0. The van der Waals surface area contributed by atoms with Crippen LogP contribution in [0.15, 0.2) is 0 Å². The zero-order valence-electron chi connectivity index (χ0n) is 7.52. The minimum Gasteiger partial charge on any atom is -0.351 e. The second kappa shape index (κ2) is 2.73. The summed E-state index contributed by atoms with van der Waals surface area (Å²) in [6, 6.07) is 0. The molecule has 2 fully saturated rings. The molecule has 0 spiro atoms. The fourth-order valence-electron chi connectivity index (χ4n) is 1.71. The van der Waals surface area contributed by atoms with Crippen molar-refractivity contribution in [2.75, 3.05) is 13.1 Å². The molecule has 0 aromatic carbocycles. The summed E-state index contributed by atoms with van der Waals surface area (Å²) < 4.78 is 0. The Morgan fingerprint density at radius 1 is 1.50 bits per heavy atom. The molecule has 0 atom stereocenters. The van der Waals surface area contributed by atoms with E-state index in [9.17, 15) is 4.79 Å². The number of carbonyl (C=O) groups is 1. The van der Waals surface area contributed by atoms with E-state index in [0.717, 1.165) is 25.9 Å². The van der Waals surface area contributed by atoms with Crippen LogP contribution in [0, 0.1) is 5.92 Å². The second-order valence-electron chi connectivity index (χ2n) is 4.26. The number of hydrogen-bond donors (Lipinski definition) is 2. The SMILES string of the molecule is CC1(NC(=O)C2CNC2)CCC1. The van der Waals surface area contributed by atoms with Crippen molar-refractivity contribution in [1.29, 1.82) is 0 Å². The monoisotopic (exact) mass is 168 g/mol. The fraction of sp³-hybridized carbons (Fsp3) is 0.889. The van der Waals surface area contributed by atoms with Crippen LogP contribution in [0.1, 0.15) is 26.2 Å². The van der Waals surface area contributed by atoms with E-state index in [4.69, 9.17) is 0 Å². The Morgan fingerprint density at radius 2 is 2.17 bits per heavy atom. The number of amides is 1. The normalized spacial score (nSPS) is 27.1. The maximum absolute atomic E-state index is 11.5. The molecule has 0 radical (unpaired) electrons. The summed E-state index contributed by atoms with van der Waals surface area (Å²) >= 11 is 0. The Bertz CT molecular complexity index is 195. The van der Waals surface area contributed by atoms with Gasteiger partial charge in [-0.15, -0.1) is 0 Å². The van der Waals surface area contributed by atoms with Crippen molar-refractivity contribution in [3.63, 3.8) is 0 Å². The molecule has 1 saturated heterocycles. The summed E-state index contributed by atoms with van der Waals surface area (Å²) in [5, 5.41) is 6.22. The van der Waals surface area contributed by atoms with Gasteiger partial charge in [0.2, 0.25) is 5.91 Å². The molecule has 0 bridgehead atoms. The summed E-state index contributed by atoms with van der Waals surface area (Å²) in [5.41, 5.74) is 0.132. The van der Waals surface area contributed by atoms with E-state index >= 15 is 0 Å². The van der Waals surface area contributed by atoms with Crippen LogP contribution < -0.4 is 10.6 Å². The molecule has 1 aliphatic carbocycles. The molecule has 3 heteroatoms. The minimum atomic E-state index is 0.132. The van der Waals surface area contributed by atoms with Gasteiger partial charge in [-0.25, -0.2) is 0 Å². The Hall–Kier alpha value is -0.570. The lowest BCUT2D eigenvalue weighted by atomic mass is 9.78. The van der Waals surface area contributed by atoms with Gasteiger partial charge in [0.25, 0.3) is 0 Å². The maximum Gasteiger partial charge on any atom is 0.226 e. The number of hydrogen-bond acceptors (Lipinski definition) is 2. The van der Waals surface area contributed by atoms with Crippen molar-refractivity contribution in [2.24, 2.45) is 5.92 Å². The highest BCUT2D eigenvalue weighted by atomic mass is 16.2. The number of carbonyl (C=O) groups excluding carboxylic acids is 1. The highest BCUT2D eigenvalue weighted by Gasteiger charge is 2.36. The van der Waals surface area contributed by atoms with Crippen molar-refractivity contribution in [1.82, 2.24) is 10.6 Å². The van der Waals surface area contributed by atoms with Crippen LogP contribution in [-0.2, 0) is 4.79 Å². The van der Waals surface area contributed by atoms with Crippen molar-refractivity contribution >= 4 is 5.91 Å². The molecule has 12 heavy (non-hydrogen) atoms. The van der Waals surface area contributed by atoms with E-state index in [1.54, 1.807) is 0 Å². The first-order valence-electron chi connectivity index (χ1n) is 4.72. The maximum atomic E-state index is 11.5. The molecule has 3 nitrogen and oxygen atoms in total. The molecule has 1 aliphatic heterocycles. The third-order valence-corrected chi connectivity index (χ3v) is 3.03. The molecule has 0 unspecified atom stereocenters. The number of rotatable bonds is 2. The smallest absolute Gasteiger partial charge is 0.226 e. The second-order valence-corrected chi connectivity index (χ2v) is 4.26. The zero-order chi connectivity index (χ0) is 8.60. The third-order valence-electron chi connectivity index (χ3n) is 3.03. The van der Waals surface area contributed by atoms with Crippen LogP contribution >= 0.6 is 0 Å².